The van der Waals surface area contributed by atoms with Gasteiger partial charge < -0.3 is 14.4 Å². The summed E-state index contributed by atoms with van der Waals surface area (Å²) in [5.41, 5.74) is 6.71. The molecule has 3 aromatic carbocycles. The van der Waals surface area contributed by atoms with Crippen molar-refractivity contribution in [3.05, 3.63) is 89.0 Å². The summed E-state index contributed by atoms with van der Waals surface area (Å²) < 4.78 is 12.7. The summed E-state index contributed by atoms with van der Waals surface area (Å²) >= 11 is 1.91. The SMILES string of the molecule is COc1cc(Cc2c(-c3ccc(CCN4CCCC4)cc3)sc3ccccc23)ccc1CN1CCOCC1. The van der Waals surface area contributed by atoms with Crippen LogP contribution in [0.2, 0.25) is 0 Å². The van der Waals surface area contributed by atoms with Gasteiger partial charge in [-0.15, -0.1) is 11.3 Å². The summed E-state index contributed by atoms with van der Waals surface area (Å²) in [7, 11) is 1.79. The molecule has 0 bridgehead atoms. The van der Waals surface area contributed by atoms with Gasteiger partial charge in [-0.25, -0.2) is 0 Å². The van der Waals surface area contributed by atoms with Crippen molar-refractivity contribution in [2.45, 2.75) is 32.2 Å². The number of hydrogen-bond donors (Lipinski definition) is 0. The van der Waals surface area contributed by atoms with Gasteiger partial charge >= 0.3 is 0 Å². The topological polar surface area (TPSA) is 24.9 Å². The fourth-order valence-corrected chi connectivity index (χ4v) is 7.08. The third kappa shape index (κ3) is 5.81. The van der Waals surface area contributed by atoms with E-state index in [1.807, 2.05) is 11.3 Å². The molecule has 5 heteroatoms. The summed E-state index contributed by atoms with van der Waals surface area (Å²) in [5, 5.41) is 1.36. The van der Waals surface area contributed by atoms with Crippen molar-refractivity contribution in [3.8, 4) is 16.2 Å². The normalized spacial score (nSPS) is 16.9. The van der Waals surface area contributed by atoms with E-state index in [2.05, 4.69) is 76.5 Å². The molecule has 0 spiro atoms. The molecule has 4 nitrogen and oxygen atoms in total. The van der Waals surface area contributed by atoms with Crippen molar-refractivity contribution in [1.29, 1.82) is 0 Å². The van der Waals surface area contributed by atoms with Crippen molar-refractivity contribution >= 4 is 21.4 Å². The molecule has 3 heterocycles. The predicted octanol–water partition coefficient (Wildman–Crippen LogP) is 6.64. The maximum absolute atomic E-state index is 5.86. The van der Waals surface area contributed by atoms with Gasteiger partial charge in [0.05, 0.1) is 20.3 Å². The van der Waals surface area contributed by atoms with Gasteiger partial charge in [0.2, 0.25) is 0 Å². The van der Waals surface area contributed by atoms with Crippen molar-refractivity contribution in [1.82, 2.24) is 9.80 Å². The average molecular weight is 527 g/mol. The van der Waals surface area contributed by atoms with Crippen LogP contribution in [-0.4, -0.2) is 62.8 Å². The first-order valence-corrected chi connectivity index (χ1v) is 14.9. The minimum absolute atomic E-state index is 0.813. The van der Waals surface area contributed by atoms with Crippen LogP contribution in [-0.2, 0) is 24.1 Å². The first kappa shape index (κ1) is 25.6. The molecule has 198 valence electrons. The Balaban J connectivity index is 1.24. The largest absolute Gasteiger partial charge is 0.496 e. The molecule has 1 aromatic heterocycles. The number of thiophene rings is 1. The molecule has 0 aliphatic carbocycles. The lowest BCUT2D eigenvalue weighted by molar-refractivity contribution is 0.0339. The molecule has 0 amide bonds. The van der Waals surface area contributed by atoms with Crippen LogP contribution in [0.25, 0.3) is 20.5 Å². The zero-order valence-corrected chi connectivity index (χ0v) is 23.3. The number of fused-ring (bicyclic) bond motifs is 1. The number of hydrogen-bond acceptors (Lipinski definition) is 5. The summed E-state index contributed by atoms with van der Waals surface area (Å²) in [6.07, 6.45) is 4.74. The van der Waals surface area contributed by atoms with E-state index < -0.39 is 0 Å². The van der Waals surface area contributed by atoms with Crippen LogP contribution in [0.3, 0.4) is 0 Å². The molecular weight excluding hydrogens is 488 g/mol. The predicted molar refractivity (Wildman–Crippen MR) is 159 cm³/mol. The number of likely N-dealkylation sites (tertiary alicyclic amines) is 1. The fourth-order valence-electron chi connectivity index (χ4n) is 5.86. The van der Waals surface area contributed by atoms with Gasteiger partial charge in [-0.05, 0) is 78.5 Å². The highest BCUT2D eigenvalue weighted by atomic mass is 32.1. The van der Waals surface area contributed by atoms with E-state index in [0.29, 0.717) is 0 Å². The van der Waals surface area contributed by atoms with Crippen LogP contribution in [0.5, 0.6) is 5.75 Å². The van der Waals surface area contributed by atoms with Crippen LogP contribution in [0.1, 0.15) is 35.1 Å². The summed E-state index contributed by atoms with van der Waals surface area (Å²) in [4.78, 5) is 6.42. The molecule has 4 aromatic rings. The van der Waals surface area contributed by atoms with Gasteiger partial charge in [0.1, 0.15) is 5.75 Å². The molecule has 0 N–H and O–H groups in total. The number of nitrogens with zero attached hydrogens (tertiary/aromatic N) is 2. The minimum Gasteiger partial charge on any atom is -0.496 e. The maximum Gasteiger partial charge on any atom is 0.123 e. The van der Waals surface area contributed by atoms with Crippen molar-refractivity contribution < 1.29 is 9.47 Å². The summed E-state index contributed by atoms with van der Waals surface area (Å²) in [6, 6.07) is 25.0. The van der Waals surface area contributed by atoms with Crippen molar-refractivity contribution in [2.24, 2.45) is 0 Å². The molecule has 2 saturated heterocycles. The Morgan fingerprint density at radius 2 is 1.61 bits per heavy atom. The molecule has 0 radical (unpaired) electrons. The van der Waals surface area contributed by atoms with Gasteiger partial charge in [-0.2, -0.15) is 0 Å². The quantitative estimate of drug-likeness (QED) is 0.244. The first-order valence-electron chi connectivity index (χ1n) is 14.0. The molecule has 6 rings (SSSR count). The number of rotatable bonds is 9. The van der Waals surface area contributed by atoms with Gasteiger partial charge in [0.15, 0.2) is 0 Å². The van der Waals surface area contributed by atoms with E-state index in [-0.39, 0.29) is 0 Å². The smallest absolute Gasteiger partial charge is 0.123 e. The van der Waals surface area contributed by atoms with Crippen LogP contribution in [0, 0.1) is 0 Å². The Kier molecular flexibility index (Phi) is 8.07. The third-order valence-electron chi connectivity index (χ3n) is 8.06. The Morgan fingerprint density at radius 3 is 2.39 bits per heavy atom. The second-order valence-electron chi connectivity index (χ2n) is 10.6. The fraction of sp³-hybridized carbons (Fsp3) is 0.394. The Hall–Kier alpha value is -2.70. The third-order valence-corrected chi connectivity index (χ3v) is 9.32. The van der Waals surface area contributed by atoms with Crippen molar-refractivity contribution in [3.63, 3.8) is 0 Å². The monoisotopic (exact) mass is 526 g/mol. The number of morpholine rings is 1. The van der Waals surface area contributed by atoms with E-state index in [0.717, 1.165) is 51.4 Å². The molecule has 2 aliphatic heterocycles. The highest BCUT2D eigenvalue weighted by Gasteiger charge is 2.17. The second-order valence-corrected chi connectivity index (χ2v) is 11.7. The summed E-state index contributed by atoms with van der Waals surface area (Å²) in [5.74, 6) is 0.984. The lowest BCUT2D eigenvalue weighted by Crippen LogP contribution is -2.35. The van der Waals surface area contributed by atoms with Crippen LogP contribution in [0.4, 0.5) is 0 Å². The van der Waals surface area contributed by atoms with E-state index in [4.69, 9.17) is 9.47 Å². The Bertz CT molecular complexity index is 1350. The van der Waals surface area contributed by atoms with Crippen LogP contribution in [0.15, 0.2) is 66.7 Å². The number of ether oxygens (including phenoxy) is 2. The molecule has 2 fully saturated rings. The molecule has 38 heavy (non-hydrogen) atoms. The molecule has 2 aliphatic rings. The van der Waals surface area contributed by atoms with E-state index in [1.165, 1.54) is 75.3 Å². The van der Waals surface area contributed by atoms with E-state index in [9.17, 15) is 0 Å². The van der Waals surface area contributed by atoms with Crippen LogP contribution < -0.4 is 4.74 Å². The number of benzene rings is 3. The molecule has 0 atom stereocenters. The highest BCUT2D eigenvalue weighted by Crippen LogP contribution is 2.40. The average Bonchev–Trinajstić information content (AvgIpc) is 3.62. The zero-order chi connectivity index (χ0) is 25.7. The zero-order valence-electron chi connectivity index (χ0n) is 22.5. The van der Waals surface area contributed by atoms with Crippen molar-refractivity contribution in [2.75, 3.05) is 53.0 Å². The molecular formula is C33H38N2O2S. The molecule has 0 saturated carbocycles. The molecule has 0 unspecified atom stereocenters. The van der Waals surface area contributed by atoms with E-state index >= 15 is 0 Å². The van der Waals surface area contributed by atoms with Gasteiger partial charge in [0, 0.05) is 41.3 Å². The van der Waals surface area contributed by atoms with Crippen LogP contribution >= 0.6 is 11.3 Å². The number of methoxy groups -OCH3 is 1. The van der Waals surface area contributed by atoms with Gasteiger partial charge in [0.25, 0.3) is 0 Å². The maximum atomic E-state index is 5.86. The lowest BCUT2D eigenvalue weighted by Gasteiger charge is -2.27. The standard InChI is InChI=1S/C33H38N2O2S/c1-36-31-23-26(10-13-28(31)24-35-18-20-37-21-19-35)22-30-29-6-2-3-7-32(29)38-33(30)27-11-8-25(9-12-27)14-17-34-15-4-5-16-34/h2-3,6-13,23H,4-5,14-22,24H2,1H3. The summed E-state index contributed by atoms with van der Waals surface area (Å²) in [6.45, 7) is 8.20. The van der Waals surface area contributed by atoms with E-state index in [1.54, 1.807) is 7.11 Å². The Labute approximate surface area is 230 Å². The highest BCUT2D eigenvalue weighted by molar-refractivity contribution is 7.22. The first-order chi connectivity index (χ1) is 18.8. The van der Waals surface area contributed by atoms with Gasteiger partial charge in [-0.3, -0.25) is 4.90 Å². The van der Waals surface area contributed by atoms with Gasteiger partial charge in [-0.1, -0.05) is 54.6 Å². The Morgan fingerprint density at radius 1 is 0.842 bits per heavy atom. The second kappa shape index (κ2) is 12.0. The minimum atomic E-state index is 0.813. The lowest BCUT2D eigenvalue weighted by atomic mass is 9.97.